The number of halogens is 2. The second-order valence-electron chi connectivity index (χ2n) is 6.18. The molecule has 3 rings (SSSR count). The molecule has 134 valence electrons. The van der Waals surface area contributed by atoms with Crippen molar-refractivity contribution < 1.29 is 19.0 Å². The van der Waals surface area contributed by atoms with Crippen molar-refractivity contribution in [3.63, 3.8) is 0 Å². The van der Waals surface area contributed by atoms with Crippen LogP contribution in [0.1, 0.15) is 11.1 Å². The molecule has 25 heavy (non-hydrogen) atoms. The van der Waals surface area contributed by atoms with Crippen LogP contribution in [0.5, 0.6) is 5.75 Å². The molecule has 0 spiro atoms. The van der Waals surface area contributed by atoms with E-state index in [1.807, 2.05) is 36.2 Å². The van der Waals surface area contributed by atoms with Crippen LogP contribution in [-0.2, 0) is 17.9 Å². The Morgan fingerprint density at radius 1 is 1.24 bits per heavy atom. The summed E-state index contributed by atoms with van der Waals surface area (Å²) in [7, 11) is 1.94. The zero-order valence-electron chi connectivity index (χ0n) is 14.0. The quantitative estimate of drug-likeness (QED) is 0.853. The molecule has 1 saturated heterocycles. The standard InChI is InChI=1S/C19H21ClFNO3/c1-22(17-11-24-12-18(17)23)9-13-5-2-3-8-19(13)25-10-14-15(20)6-4-7-16(14)21/h2-8,17-18,23H,9-12H2,1H3/t17-,18-/m0/s1. The van der Waals surface area contributed by atoms with E-state index in [9.17, 15) is 9.50 Å². The molecule has 0 aromatic heterocycles. The second-order valence-corrected chi connectivity index (χ2v) is 6.59. The fraction of sp³-hybridized carbons (Fsp3) is 0.368. The van der Waals surface area contributed by atoms with E-state index in [-0.39, 0.29) is 18.5 Å². The Labute approximate surface area is 151 Å². The highest BCUT2D eigenvalue weighted by Gasteiger charge is 2.29. The van der Waals surface area contributed by atoms with Gasteiger partial charge in [-0.3, -0.25) is 4.90 Å². The van der Waals surface area contributed by atoms with Crippen LogP contribution in [-0.4, -0.2) is 42.4 Å². The van der Waals surface area contributed by atoms with Gasteiger partial charge in [0, 0.05) is 17.7 Å². The van der Waals surface area contributed by atoms with Crippen LogP contribution >= 0.6 is 11.6 Å². The van der Waals surface area contributed by atoms with Gasteiger partial charge in [-0.05, 0) is 25.2 Å². The third-order valence-electron chi connectivity index (χ3n) is 4.41. The van der Waals surface area contributed by atoms with E-state index in [2.05, 4.69) is 0 Å². The van der Waals surface area contributed by atoms with Gasteiger partial charge in [0.05, 0.1) is 30.4 Å². The molecule has 0 amide bonds. The van der Waals surface area contributed by atoms with Crippen molar-refractivity contribution in [2.75, 3.05) is 20.3 Å². The maximum Gasteiger partial charge on any atom is 0.131 e. The minimum Gasteiger partial charge on any atom is -0.488 e. The number of hydrogen-bond acceptors (Lipinski definition) is 4. The molecule has 0 bridgehead atoms. The number of hydrogen-bond donors (Lipinski definition) is 1. The Morgan fingerprint density at radius 3 is 2.76 bits per heavy atom. The normalized spacial score (nSPS) is 20.2. The lowest BCUT2D eigenvalue weighted by Gasteiger charge is -2.26. The van der Waals surface area contributed by atoms with Gasteiger partial charge in [-0.25, -0.2) is 4.39 Å². The van der Waals surface area contributed by atoms with Crippen molar-refractivity contribution in [3.8, 4) is 5.75 Å². The highest BCUT2D eigenvalue weighted by molar-refractivity contribution is 6.31. The van der Waals surface area contributed by atoms with Gasteiger partial charge in [-0.15, -0.1) is 0 Å². The topological polar surface area (TPSA) is 41.9 Å². The van der Waals surface area contributed by atoms with Crippen molar-refractivity contribution in [2.24, 2.45) is 0 Å². The van der Waals surface area contributed by atoms with Gasteiger partial charge >= 0.3 is 0 Å². The summed E-state index contributed by atoms with van der Waals surface area (Å²) in [5.41, 5.74) is 1.29. The summed E-state index contributed by atoms with van der Waals surface area (Å²) in [6.07, 6.45) is -0.490. The largest absolute Gasteiger partial charge is 0.488 e. The molecule has 1 heterocycles. The summed E-state index contributed by atoms with van der Waals surface area (Å²) >= 11 is 6.05. The molecule has 2 aromatic rings. The maximum atomic E-state index is 13.9. The first kappa shape index (κ1) is 18.1. The maximum absolute atomic E-state index is 13.9. The van der Waals surface area contributed by atoms with Crippen LogP contribution in [0.25, 0.3) is 0 Å². The molecular weight excluding hydrogens is 345 g/mol. The van der Waals surface area contributed by atoms with E-state index in [0.29, 0.717) is 36.1 Å². The van der Waals surface area contributed by atoms with Gasteiger partial charge in [0.25, 0.3) is 0 Å². The molecule has 0 radical (unpaired) electrons. The number of rotatable bonds is 6. The minimum absolute atomic E-state index is 0.0472. The van der Waals surface area contributed by atoms with E-state index in [4.69, 9.17) is 21.1 Å². The summed E-state index contributed by atoms with van der Waals surface area (Å²) in [6, 6.07) is 12.1. The van der Waals surface area contributed by atoms with Gasteiger partial charge in [-0.1, -0.05) is 35.9 Å². The summed E-state index contributed by atoms with van der Waals surface area (Å²) in [4.78, 5) is 2.04. The molecule has 1 N–H and O–H groups in total. The predicted molar refractivity (Wildman–Crippen MR) is 94.3 cm³/mol. The monoisotopic (exact) mass is 365 g/mol. The second kappa shape index (κ2) is 8.15. The highest BCUT2D eigenvalue weighted by Crippen LogP contribution is 2.25. The lowest BCUT2D eigenvalue weighted by Crippen LogP contribution is -2.39. The fourth-order valence-electron chi connectivity index (χ4n) is 2.93. The summed E-state index contributed by atoms with van der Waals surface area (Å²) in [6.45, 7) is 1.51. The van der Waals surface area contributed by atoms with Gasteiger partial charge in [0.2, 0.25) is 0 Å². The predicted octanol–water partition coefficient (Wildman–Crippen LogP) is 3.25. The van der Waals surface area contributed by atoms with Crippen molar-refractivity contribution in [1.82, 2.24) is 4.90 Å². The van der Waals surface area contributed by atoms with E-state index < -0.39 is 6.10 Å². The van der Waals surface area contributed by atoms with E-state index in [0.717, 1.165) is 5.56 Å². The molecule has 0 saturated carbocycles. The molecular formula is C19H21ClFNO3. The Kier molecular flexibility index (Phi) is 5.91. The Morgan fingerprint density at radius 2 is 2.04 bits per heavy atom. The molecule has 6 heteroatoms. The highest BCUT2D eigenvalue weighted by atomic mass is 35.5. The number of benzene rings is 2. The molecule has 1 aliphatic heterocycles. The molecule has 1 aliphatic rings. The van der Waals surface area contributed by atoms with Gasteiger partial charge in [0.15, 0.2) is 0 Å². The Bertz CT molecular complexity index is 707. The van der Waals surface area contributed by atoms with Crippen LogP contribution in [0, 0.1) is 5.82 Å². The molecule has 4 nitrogen and oxygen atoms in total. The van der Waals surface area contributed by atoms with Crippen LogP contribution in [0.4, 0.5) is 4.39 Å². The average Bonchev–Trinajstić information content (AvgIpc) is 3.02. The average molecular weight is 366 g/mol. The third-order valence-corrected chi connectivity index (χ3v) is 4.77. The van der Waals surface area contributed by atoms with Crippen LogP contribution in [0.3, 0.4) is 0 Å². The lowest BCUT2D eigenvalue weighted by atomic mass is 10.1. The van der Waals surface area contributed by atoms with Gasteiger partial charge in [-0.2, -0.15) is 0 Å². The third kappa shape index (κ3) is 4.30. The summed E-state index contributed by atoms with van der Waals surface area (Å²) in [5, 5.41) is 10.3. The zero-order valence-corrected chi connectivity index (χ0v) is 14.7. The molecule has 2 atom stereocenters. The number of ether oxygens (including phenoxy) is 2. The number of likely N-dealkylation sites (N-methyl/N-ethyl adjacent to an activating group) is 1. The van der Waals surface area contributed by atoms with E-state index in [1.165, 1.54) is 6.07 Å². The van der Waals surface area contributed by atoms with Crippen LogP contribution < -0.4 is 4.74 Å². The fourth-order valence-corrected chi connectivity index (χ4v) is 3.15. The number of para-hydroxylation sites is 1. The Balaban J connectivity index is 1.70. The minimum atomic E-state index is -0.490. The SMILES string of the molecule is CN(Cc1ccccc1OCc1c(F)cccc1Cl)[C@H]1COC[C@@H]1O. The number of aliphatic hydroxyl groups is 1. The van der Waals surface area contributed by atoms with Crippen molar-refractivity contribution >= 4 is 11.6 Å². The first-order chi connectivity index (χ1) is 12.1. The number of nitrogens with zero attached hydrogens (tertiary/aromatic N) is 1. The van der Waals surface area contributed by atoms with Gasteiger partial charge in [0.1, 0.15) is 18.2 Å². The van der Waals surface area contributed by atoms with Crippen LogP contribution in [0.2, 0.25) is 5.02 Å². The molecule has 0 unspecified atom stereocenters. The van der Waals surface area contributed by atoms with E-state index >= 15 is 0 Å². The first-order valence-corrected chi connectivity index (χ1v) is 8.53. The smallest absolute Gasteiger partial charge is 0.131 e. The van der Waals surface area contributed by atoms with Gasteiger partial charge < -0.3 is 14.6 Å². The van der Waals surface area contributed by atoms with Crippen LogP contribution in [0.15, 0.2) is 42.5 Å². The summed E-state index contributed by atoms with van der Waals surface area (Å²) < 4.78 is 25.0. The van der Waals surface area contributed by atoms with Crippen molar-refractivity contribution in [3.05, 3.63) is 64.4 Å². The first-order valence-electron chi connectivity index (χ1n) is 8.16. The lowest BCUT2D eigenvalue weighted by molar-refractivity contribution is 0.0919. The molecule has 2 aromatic carbocycles. The Hall–Kier alpha value is -1.66. The molecule has 0 aliphatic carbocycles. The van der Waals surface area contributed by atoms with Crippen molar-refractivity contribution in [2.45, 2.75) is 25.3 Å². The molecule has 1 fully saturated rings. The van der Waals surface area contributed by atoms with Crippen molar-refractivity contribution in [1.29, 1.82) is 0 Å². The number of aliphatic hydroxyl groups excluding tert-OH is 1. The summed E-state index contributed by atoms with van der Waals surface area (Å²) in [5.74, 6) is 0.287. The zero-order chi connectivity index (χ0) is 17.8. The van der Waals surface area contributed by atoms with E-state index in [1.54, 1.807) is 12.1 Å².